The topological polar surface area (TPSA) is 41.8 Å². The fourth-order valence-corrected chi connectivity index (χ4v) is 2.93. The third kappa shape index (κ3) is 6.37. The van der Waals surface area contributed by atoms with E-state index in [0.29, 0.717) is 16.1 Å². The highest BCUT2D eigenvalue weighted by molar-refractivity contribution is 6.30. The van der Waals surface area contributed by atoms with Gasteiger partial charge in [0.25, 0.3) is 0 Å². The summed E-state index contributed by atoms with van der Waals surface area (Å²) in [4.78, 5) is 25.7. The number of nitrogens with zero attached hydrogens (tertiary/aromatic N) is 1. The monoisotopic (exact) mass is 450 g/mol. The molecule has 0 saturated carbocycles. The van der Waals surface area contributed by atoms with E-state index in [-0.39, 0.29) is 35.7 Å². The van der Waals surface area contributed by atoms with Crippen LogP contribution in [0.25, 0.3) is 0 Å². The van der Waals surface area contributed by atoms with Gasteiger partial charge in [-0.2, -0.15) is 0 Å². The summed E-state index contributed by atoms with van der Waals surface area (Å²) < 4.78 is 0.932. The summed E-state index contributed by atoms with van der Waals surface area (Å²) in [5, 5.41) is 0.745. The van der Waals surface area contributed by atoms with E-state index in [4.69, 9.17) is 23.4 Å². The normalized spacial score (nSPS) is 11.6. The molecule has 148 valence electrons. The molecule has 0 saturated heterocycles. The van der Waals surface area contributed by atoms with E-state index in [1.165, 1.54) is 0 Å². The first-order valence-electron chi connectivity index (χ1n) is 7.86. The largest absolute Gasteiger partial charge is 1.00 e. The lowest BCUT2D eigenvalue weighted by Crippen LogP contribution is -3.25. The first kappa shape index (κ1) is 25.7. The lowest BCUT2D eigenvalue weighted by Gasteiger charge is -2.33. The number of rotatable bonds is 2. The van der Waals surface area contributed by atoms with E-state index in [2.05, 4.69) is 0 Å². The van der Waals surface area contributed by atoms with E-state index in [9.17, 15) is 9.59 Å². The maximum atomic E-state index is 13.0. The summed E-state index contributed by atoms with van der Waals surface area (Å²) >= 11 is 12.2. The van der Waals surface area contributed by atoms with Crippen LogP contribution in [0.15, 0.2) is 48.5 Å². The second-order valence-corrected chi connectivity index (χ2v) is 7.66. The molecule has 0 radical (unpaired) electrons. The van der Waals surface area contributed by atoms with Crippen LogP contribution < -0.4 is 17.4 Å². The average Bonchev–Trinajstić information content (AvgIpc) is 2.54. The van der Waals surface area contributed by atoms with Gasteiger partial charge in [-0.3, -0.25) is 4.79 Å². The molecule has 1 N–H and O–H groups in total. The van der Waals surface area contributed by atoms with Crippen LogP contribution in [0.3, 0.4) is 0 Å². The fourth-order valence-electron chi connectivity index (χ4n) is 2.37. The van der Waals surface area contributed by atoms with E-state index in [1.54, 1.807) is 36.4 Å². The Hall–Kier alpha value is -1.30. The second-order valence-electron chi connectivity index (χ2n) is 6.89. The molecule has 0 aliphatic carbocycles. The zero-order chi connectivity index (χ0) is 18.8. The number of hydrogen-bond acceptors (Lipinski definition) is 2. The quantitative estimate of drug-likeness (QED) is 0.549. The molecule has 0 aliphatic heterocycles. The summed E-state index contributed by atoms with van der Waals surface area (Å²) in [6.07, 6.45) is 0. The molecule has 8 heteroatoms. The van der Waals surface area contributed by atoms with Gasteiger partial charge in [-0.1, -0.05) is 33.8 Å². The number of nitrogens with one attached hydrogen (secondary N) is 1. The van der Waals surface area contributed by atoms with Gasteiger partial charge in [0.2, 0.25) is 0 Å². The van der Waals surface area contributed by atoms with Gasteiger partial charge in [0, 0.05) is 10.6 Å². The molecule has 2 amide bonds. The number of carbonyl (C=O) groups excluding carboxylic acids is 2. The Morgan fingerprint density at radius 1 is 0.926 bits per heavy atom. The highest BCUT2D eigenvalue weighted by Crippen LogP contribution is 2.11. The van der Waals surface area contributed by atoms with Crippen LogP contribution in [0.1, 0.15) is 47.1 Å². The van der Waals surface area contributed by atoms with Crippen molar-refractivity contribution in [2.75, 3.05) is 0 Å². The number of benzene rings is 2. The SMILES string of the molecule is Cc1ccc(C(=O)N(Cl)[NH+](C(=O)c2ccc(Cl)cc2)C(C)(C)C)cc1.Cl.[Cl-]. The van der Waals surface area contributed by atoms with Gasteiger partial charge in [0.15, 0.2) is 0 Å². The highest BCUT2D eigenvalue weighted by Gasteiger charge is 2.41. The number of aryl methyl sites for hydroxylation is 1. The third-order valence-electron chi connectivity index (χ3n) is 3.71. The van der Waals surface area contributed by atoms with Gasteiger partial charge in [-0.05, 0) is 64.1 Å². The van der Waals surface area contributed by atoms with Crippen LogP contribution in [-0.4, -0.2) is 21.9 Å². The summed E-state index contributed by atoms with van der Waals surface area (Å²) in [5.74, 6) is -0.742. The number of quaternary nitrogens is 1. The molecule has 0 aromatic heterocycles. The van der Waals surface area contributed by atoms with Crippen molar-refractivity contribution in [3.8, 4) is 0 Å². The van der Waals surface area contributed by atoms with E-state index < -0.39 is 11.4 Å². The Balaban J connectivity index is 0.00000338. The zero-order valence-electron chi connectivity index (χ0n) is 15.4. The molecular weight excluding hydrogens is 430 g/mol. The molecule has 2 aromatic carbocycles. The van der Waals surface area contributed by atoms with Crippen LogP contribution in [-0.2, 0) is 0 Å². The minimum atomic E-state index is -0.626. The van der Waals surface area contributed by atoms with Crippen molar-refractivity contribution in [1.29, 1.82) is 0 Å². The number of hydrogen-bond donors (Lipinski definition) is 1. The summed E-state index contributed by atoms with van der Waals surface area (Å²) in [5.41, 5.74) is 1.26. The van der Waals surface area contributed by atoms with Crippen molar-refractivity contribution in [1.82, 2.24) is 4.53 Å². The predicted molar refractivity (Wildman–Crippen MR) is 107 cm³/mol. The molecular formula is C19H22Cl4N2O2. The van der Waals surface area contributed by atoms with E-state index in [0.717, 1.165) is 10.1 Å². The molecule has 27 heavy (non-hydrogen) atoms. The van der Waals surface area contributed by atoms with E-state index >= 15 is 0 Å². The molecule has 2 rings (SSSR count). The fraction of sp³-hybridized carbons (Fsp3) is 0.263. The van der Waals surface area contributed by atoms with Crippen LogP contribution in [0.2, 0.25) is 5.02 Å². The first-order chi connectivity index (χ1) is 11.6. The van der Waals surface area contributed by atoms with Crippen molar-refractivity contribution >= 4 is 47.6 Å². The number of halogens is 4. The average molecular weight is 452 g/mol. The maximum absolute atomic E-state index is 13.0. The maximum Gasteiger partial charge on any atom is 0.370 e. The summed E-state index contributed by atoms with van der Waals surface area (Å²) in [6, 6.07) is 13.6. The Kier molecular flexibility index (Phi) is 9.80. The number of amides is 2. The highest BCUT2D eigenvalue weighted by atomic mass is 35.5. The van der Waals surface area contributed by atoms with Gasteiger partial charge in [-0.25, -0.2) is 4.79 Å². The zero-order valence-corrected chi connectivity index (χ0v) is 18.5. The van der Waals surface area contributed by atoms with Gasteiger partial charge in [0.05, 0.1) is 17.3 Å². The van der Waals surface area contributed by atoms with Crippen LogP contribution in [0.4, 0.5) is 0 Å². The molecule has 1 atom stereocenters. The number of carbonyl (C=O) groups is 2. The van der Waals surface area contributed by atoms with Crippen LogP contribution in [0.5, 0.6) is 0 Å². The summed E-state index contributed by atoms with van der Waals surface area (Å²) in [6.45, 7) is 7.46. The van der Waals surface area contributed by atoms with Crippen molar-refractivity contribution in [3.63, 3.8) is 0 Å². The molecule has 1 unspecified atom stereocenters. The van der Waals surface area contributed by atoms with Gasteiger partial charge >= 0.3 is 11.8 Å². The molecule has 0 bridgehead atoms. The van der Waals surface area contributed by atoms with Gasteiger partial charge < -0.3 is 12.4 Å². The minimum Gasteiger partial charge on any atom is -1.00 e. The Morgan fingerprint density at radius 2 is 1.37 bits per heavy atom. The van der Waals surface area contributed by atoms with Crippen LogP contribution in [0, 0.1) is 6.92 Å². The van der Waals surface area contributed by atoms with Gasteiger partial charge in [0.1, 0.15) is 5.54 Å². The van der Waals surface area contributed by atoms with Crippen molar-refractivity contribution in [2.24, 2.45) is 0 Å². The Morgan fingerprint density at radius 3 is 1.81 bits per heavy atom. The molecule has 0 heterocycles. The molecule has 0 fully saturated rings. The van der Waals surface area contributed by atoms with Crippen molar-refractivity contribution in [2.45, 2.75) is 33.2 Å². The minimum absolute atomic E-state index is 0. The third-order valence-corrected chi connectivity index (χ3v) is 4.28. The van der Waals surface area contributed by atoms with E-state index in [1.807, 2.05) is 39.8 Å². The molecule has 0 aliphatic rings. The van der Waals surface area contributed by atoms with Crippen LogP contribution >= 0.6 is 35.8 Å². The predicted octanol–water partition coefficient (Wildman–Crippen LogP) is 1.11. The van der Waals surface area contributed by atoms with Gasteiger partial charge in [-0.15, -0.1) is 17.4 Å². The molecule has 0 spiro atoms. The smallest absolute Gasteiger partial charge is 0.370 e. The second kappa shape index (κ2) is 10.3. The molecule has 4 nitrogen and oxygen atoms in total. The first-order valence-corrected chi connectivity index (χ1v) is 8.57. The summed E-state index contributed by atoms with van der Waals surface area (Å²) in [7, 11) is 0. The van der Waals surface area contributed by atoms with Crippen molar-refractivity contribution < 1.29 is 27.0 Å². The van der Waals surface area contributed by atoms with Crippen molar-refractivity contribution in [3.05, 3.63) is 70.2 Å². The standard InChI is InChI=1S/C19H20Cl2N2O2.2ClH/c1-13-5-7-15(8-6-13)18(25)23(21)22(19(2,3)4)17(24)14-9-11-16(20)12-10-14;;/h5-12H,1-4H3;2*1H. The Bertz CT molecular complexity index is 772. The molecule has 2 aromatic rings. The Labute approximate surface area is 182 Å². The lowest BCUT2D eigenvalue weighted by atomic mass is 10.1. The lowest BCUT2D eigenvalue weighted by molar-refractivity contribution is -0.951.